The number of hydrogen-bond acceptors (Lipinski definition) is 2. The molecule has 20 heavy (non-hydrogen) atoms. The molecule has 0 aromatic heterocycles. The monoisotopic (exact) mass is 340 g/mol. The van der Waals surface area contributed by atoms with Gasteiger partial charge < -0.3 is 15.3 Å². The van der Waals surface area contributed by atoms with Crippen LogP contribution in [-0.2, 0) is 4.79 Å². The van der Waals surface area contributed by atoms with Crippen molar-refractivity contribution in [3.8, 4) is 0 Å². The van der Waals surface area contributed by atoms with Crippen LogP contribution in [0.15, 0.2) is 22.7 Å². The molecule has 1 saturated heterocycles. The van der Waals surface area contributed by atoms with Crippen LogP contribution in [0, 0.1) is 6.92 Å². The second kappa shape index (κ2) is 6.26. The van der Waals surface area contributed by atoms with E-state index in [1.54, 1.807) is 4.90 Å². The molecule has 5 nitrogen and oxygen atoms in total. The minimum atomic E-state index is -0.868. The van der Waals surface area contributed by atoms with Crippen molar-refractivity contribution in [1.82, 2.24) is 4.90 Å². The van der Waals surface area contributed by atoms with E-state index < -0.39 is 5.97 Å². The summed E-state index contributed by atoms with van der Waals surface area (Å²) in [5.74, 6) is -0.868. The van der Waals surface area contributed by atoms with Crippen LogP contribution < -0.4 is 5.32 Å². The summed E-state index contributed by atoms with van der Waals surface area (Å²) in [6.45, 7) is 2.58. The van der Waals surface area contributed by atoms with E-state index in [0.29, 0.717) is 12.2 Å². The van der Waals surface area contributed by atoms with Gasteiger partial charge in [0.15, 0.2) is 0 Å². The van der Waals surface area contributed by atoms with Crippen LogP contribution in [0.1, 0.15) is 24.8 Å². The first-order valence-electron chi connectivity index (χ1n) is 6.53. The van der Waals surface area contributed by atoms with Gasteiger partial charge in [0.25, 0.3) is 0 Å². The van der Waals surface area contributed by atoms with Crippen molar-refractivity contribution < 1.29 is 14.7 Å². The van der Waals surface area contributed by atoms with Crippen molar-refractivity contribution in [1.29, 1.82) is 0 Å². The number of carboxylic acids is 1. The first-order chi connectivity index (χ1) is 9.47. The lowest BCUT2D eigenvalue weighted by molar-refractivity contribution is -0.137. The zero-order chi connectivity index (χ0) is 14.7. The van der Waals surface area contributed by atoms with Crippen LogP contribution in [0.2, 0.25) is 0 Å². The molecule has 0 saturated carbocycles. The van der Waals surface area contributed by atoms with E-state index in [1.165, 1.54) is 0 Å². The third-order valence-corrected chi connectivity index (χ3v) is 4.33. The largest absolute Gasteiger partial charge is 0.481 e. The normalized spacial score (nSPS) is 18.1. The molecule has 0 aliphatic carbocycles. The fraction of sp³-hybridized carbons (Fsp3) is 0.429. The molecule has 2 amide bonds. The van der Waals surface area contributed by atoms with E-state index in [2.05, 4.69) is 21.2 Å². The van der Waals surface area contributed by atoms with Gasteiger partial charge in [-0.05, 0) is 37.5 Å². The molecule has 1 aromatic rings. The third kappa shape index (κ3) is 3.50. The number of carbonyl (C=O) groups is 2. The lowest BCUT2D eigenvalue weighted by Gasteiger charge is -2.23. The standard InChI is InChI=1S/C14H17BrN2O3/c1-9-4-5-10(7-12(9)15)16-14(20)17-6-2-3-11(17)8-13(18)19/h4-5,7,11H,2-3,6,8H2,1H3,(H,16,20)(H,18,19). The highest BCUT2D eigenvalue weighted by molar-refractivity contribution is 9.10. The second-order valence-corrected chi connectivity index (χ2v) is 5.84. The third-order valence-electron chi connectivity index (χ3n) is 3.47. The van der Waals surface area contributed by atoms with Crippen molar-refractivity contribution in [3.63, 3.8) is 0 Å². The molecule has 1 aliphatic rings. The Balaban J connectivity index is 2.03. The predicted octanol–water partition coefficient (Wildman–Crippen LogP) is 3.23. The van der Waals surface area contributed by atoms with E-state index >= 15 is 0 Å². The Morgan fingerprint density at radius 2 is 2.25 bits per heavy atom. The number of halogens is 1. The Morgan fingerprint density at radius 3 is 2.90 bits per heavy atom. The Morgan fingerprint density at radius 1 is 1.50 bits per heavy atom. The van der Waals surface area contributed by atoms with Gasteiger partial charge in [0.1, 0.15) is 0 Å². The van der Waals surface area contributed by atoms with Crippen LogP contribution in [-0.4, -0.2) is 34.6 Å². The Kier molecular flexibility index (Phi) is 4.65. The van der Waals surface area contributed by atoms with Crippen molar-refractivity contribution in [2.45, 2.75) is 32.2 Å². The van der Waals surface area contributed by atoms with E-state index in [4.69, 9.17) is 5.11 Å². The van der Waals surface area contributed by atoms with Crippen molar-refractivity contribution in [2.75, 3.05) is 11.9 Å². The zero-order valence-electron chi connectivity index (χ0n) is 11.2. The van der Waals surface area contributed by atoms with Crippen LogP contribution in [0.5, 0.6) is 0 Å². The number of carbonyl (C=O) groups excluding carboxylic acids is 1. The van der Waals surface area contributed by atoms with Gasteiger partial charge >= 0.3 is 12.0 Å². The van der Waals surface area contributed by atoms with Gasteiger partial charge in [0.2, 0.25) is 0 Å². The first kappa shape index (κ1) is 14.8. The minimum Gasteiger partial charge on any atom is -0.481 e. The van der Waals surface area contributed by atoms with E-state index in [1.807, 2.05) is 25.1 Å². The molecular formula is C14H17BrN2O3. The summed E-state index contributed by atoms with van der Waals surface area (Å²) in [7, 11) is 0. The Hall–Kier alpha value is -1.56. The topological polar surface area (TPSA) is 69.6 Å². The number of anilines is 1. The molecule has 1 fully saturated rings. The van der Waals surface area contributed by atoms with Gasteiger partial charge in [0.05, 0.1) is 6.42 Å². The number of amides is 2. The quantitative estimate of drug-likeness (QED) is 0.887. The summed E-state index contributed by atoms with van der Waals surface area (Å²) in [5.41, 5.74) is 1.79. The zero-order valence-corrected chi connectivity index (χ0v) is 12.8. The summed E-state index contributed by atoms with van der Waals surface area (Å²) in [4.78, 5) is 24.6. The number of carboxylic acid groups (broad SMARTS) is 1. The second-order valence-electron chi connectivity index (χ2n) is 4.98. The number of aliphatic carboxylic acids is 1. The van der Waals surface area contributed by atoms with Crippen LogP contribution in [0.3, 0.4) is 0 Å². The summed E-state index contributed by atoms with van der Waals surface area (Å²) < 4.78 is 0.929. The number of rotatable bonds is 3. The summed E-state index contributed by atoms with van der Waals surface area (Å²) in [6.07, 6.45) is 1.60. The highest BCUT2D eigenvalue weighted by atomic mass is 79.9. The molecular weight excluding hydrogens is 324 g/mol. The molecule has 0 radical (unpaired) electrons. The number of benzene rings is 1. The Labute approximate surface area is 126 Å². The van der Waals surface area contributed by atoms with Gasteiger partial charge in [-0.2, -0.15) is 0 Å². The number of aryl methyl sites for hydroxylation is 1. The number of nitrogens with zero attached hydrogens (tertiary/aromatic N) is 1. The van der Waals surface area contributed by atoms with E-state index in [-0.39, 0.29) is 18.5 Å². The van der Waals surface area contributed by atoms with Gasteiger partial charge in [0, 0.05) is 22.7 Å². The fourth-order valence-electron chi connectivity index (χ4n) is 2.38. The van der Waals surface area contributed by atoms with Gasteiger partial charge in [-0.15, -0.1) is 0 Å². The number of likely N-dealkylation sites (tertiary alicyclic amines) is 1. The molecule has 2 N–H and O–H groups in total. The molecule has 108 valence electrons. The lowest BCUT2D eigenvalue weighted by atomic mass is 10.1. The molecule has 6 heteroatoms. The predicted molar refractivity (Wildman–Crippen MR) is 79.9 cm³/mol. The summed E-state index contributed by atoms with van der Waals surface area (Å²) in [6, 6.07) is 5.15. The van der Waals surface area contributed by atoms with Gasteiger partial charge in [-0.25, -0.2) is 4.79 Å². The maximum absolute atomic E-state index is 12.2. The van der Waals surface area contributed by atoms with Crippen molar-refractivity contribution in [2.24, 2.45) is 0 Å². The first-order valence-corrected chi connectivity index (χ1v) is 7.32. The van der Waals surface area contributed by atoms with E-state index in [0.717, 1.165) is 22.9 Å². The van der Waals surface area contributed by atoms with E-state index in [9.17, 15) is 9.59 Å². The molecule has 0 bridgehead atoms. The maximum atomic E-state index is 12.2. The molecule has 1 aliphatic heterocycles. The number of nitrogens with one attached hydrogen (secondary N) is 1. The number of hydrogen-bond donors (Lipinski definition) is 2. The maximum Gasteiger partial charge on any atom is 0.322 e. The highest BCUT2D eigenvalue weighted by Gasteiger charge is 2.30. The summed E-state index contributed by atoms with van der Waals surface area (Å²) in [5, 5.41) is 11.7. The molecule has 0 spiro atoms. The number of urea groups is 1. The van der Waals surface area contributed by atoms with Crippen LogP contribution >= 0.6 is 15.9 Å². The SMILES string of the molecule is Cc1ccc(NC(=O)N2CCCC2CC(=O)O)cc1Br. The average molecular weight is 341 g/mol. The van der Waals surface area contributed by atoms with Crippen molar-refractivity contribution in [3.05, 3.63) is 28.2 Å². The highest BCUT2D eigenvalue weighted by Crippen LogP contribution is 2.24. The average Bonchev–Trinajstić information content (AvgIpc) is 2.81. The lowest BCUT2D eigenvalue weighted by Crippen LogP contribution is -2.39. The smallest absolute Gasteiger partial charge is 0.322 e. The molecule has 1 heterocycles. The van der Waals surface area contributed by atoms with Crippen LogP contribution in [0.4, 0.5) is 10.5 Å². The molecule has 1 unspecified atom stereocenters. The molecule has 2 rings (SSSR count). The Bertz CT molecular complexity index is 533. The summed E-state index contributed by atoms with van der Waals surface area (Å²) >= 11 is 3.42. The molecule has 1 aromatic carbocycles. The van der Waals surface area contributed by atoms with Crippen LogP contribution in [0.25, 0.3) is 0 Å². The van der Waals surface area contributed by atoms with Gasteiger partial charge in [-0.1, -0.05) is 22.0 Å². The van der Waals surface area contributed by atoms with Crippen molar-refractivity contribution >= 4 is 33.6 Å². The molecule has 1 atom stereocenters. The minimum absolute atomic E-state index is 0.00497. The fourth-order valence-corrected chi connectivity index (χ4v) is 2.76. The van der Waals surface area contributed by atoms with Gasteiger partial charge in [-0.3, -0.25) is 4.79 Å².